The molecule has 0 aliphatic carbocycles. The van der Waals surface area contributed by atoms with Crippen molar-refractivity contribution in [3.05, 3.63) is 35.4 Å². The fourth-order valence-corrected chi connectivity index (χ4v) is 2.34. The second-order valence-corrected chi connectivity index (χ2v) is 6.12. The molecule has 162 valence electrons. The SMILES string of the molecule is O=C(c1ccc(COCC(F)(F)C(F)F)cc1)N1N=C(C(F)F)C[C@@]1(O)C(F)F. The summed E-state index contributed by atoms with van der Waals surface area (Å²) < 4.78 is 106. The number of hydrogen-bond acceptors (Lipinski definition) is 4. The largest absolute Gasteiger partial charge is 0.370 e. The van der Waals surface area contributed by atoms with Gasteiger partial charge >= 0.3 is 12.3 Å². The minimum absolute atomic E-state index is 0.131. The van der Waals surface area contributed by atoms with Gasteiger partial charge in [-0.1, -0.05) is 12.1 Å². The number of alkyl halides is 8. The van der Waals surface area contributed by atoms with E-state index in [9.17, 15) is 45.0 Å². The summed E-state index contributed by atoms with van der Waals surface area (Å²) in [4.78, 5) is 12.3. The van der Waals surface area contributed by atoms with Gasteiger partial charge in [-0.15, -0.1) is 0 Å². The number of ether oxygens (including phenoxy) is 1. The third kappa shape index (κ3) is 5.01. The molecular weight excluding hydrogens is 420 g/mol. The summed E-state index contributed by atoms with van der Waals surface area (Å²) in [6, 6.07) is 4.33. The summed E-state index contributed by atoms with van der Waals surface area (Å²) >= 11 is 0. The van der Waals surface area contributed by atoms with Gasteiger partial charge in [0, 0.05) is 12.0 Å². The number of rotatable bonds is 8. The van der Waals surface area contributed by atoms with Gasteiger partial charge in [-0.05, 0) is 17.7 Å². The zero-order chi connectivity index (χ0) is 22.0. The maximum absolute atomic E-state index is 13.2. The van der Waals surface area contributed by atoms with E-state index in [0.29, 0.717) is 0 Å². The van der Waals surface area contributed by atoms with Crippen LogP contribution in [0.5, 0.6) is 0 Å². The summed E-state index contributed by atoms with van der Waals surface area (Å²) in [6.45, 7) is -2.07. The molecule has 1 N–H and O–H groups in total. The molecule has 1 heterocycles. The van der Waals surface area contributed by atoms with E-state index in [1.807, 2.05) is 0 Å². The molecule has 0 saturated heterocycles. The Kier molecular flexibility index (Phi) is 6.83. The molecule has 5 nitrogen and oxygen atoms in total. The van der Waals surface area contributed by atoms with Crippen LogP contribution >= 0.6 is 0 Å². The lowest BCUT2D eigenvalue weighted by atomic mass is 10.1. The number of carbonyl (C=O) groups is 1. The Morgan fingerprint density at radius 2 is 1.76 bits per heavy atom. The summed E-state index contributed by atoms with van der Waals surface area (Å²) in [5.74, 6) is -5.65. The molecule has 1 atom stereocenters. The molecule has 0 radical (unpaired) electrons. The van der Waals surface area contributed by atoms with E-state index >= 15 is 0 Å². The lowest BCUT2D eigenvalue weighted by Crippen LogP contribution is -2.51. The maximum atomic E-state index is 13.2. The van der Waals surface area contributed by atoms with Gasteiger partial charge in [0.2, 0.25) is 5.72 Å². The molecule has 0 aromatic heterocycles. The molecule has 1 aromatic rings. The monoisotopic (exact) mass is 434 g/mol. The normalized spacial score (nSPS) is 20.1. The highest BCUT2D eigenvalue weighted by atomic mass is 19.3. The van der Waals surface area contributed by atoms with Crippen LogP contribution in [-0.4, -0.2) is 59.3 Å². The first-order chi connectivity index (χ1) is 13.4. The second-order valence-electron chi connectivity index (χ2n) is 6.12. The van der Waals surface area contributed by atoms with Crippen molar-refractivity contribution in [3.8, 4) is 0 Å². The van der Waals surface area contributed by atoms with E-state index in [-0.39, 0.29) is 16.1 Å². The quantitative estimate of drug-likeness (QED) is 0.637. The van der Waals surface area contributed by atoms with Crippen LogP contribution in [-0.2, 0) is 11.3 Å². The van der Waals surface area contributed by atoms with E-state index in [4.69, 9.17) is 0 Å². The average Bonchev–Trinajstić information content (AvgIpc) is 3.01. The van der Waals surface area contributed by atoms with Crippen molar-refractivity contribution in [3.63, 3.8) is 0 Å². The summed E-state index contributed by atoms with van der Waals surface area (Å²) in [5.41, 5.74) is -4.49. The number of amides is 1. The van der Waals surface area contributed by atoms with Crippen molar-refractivity contribution < 1.29 is 49.8 Å². The Hall–Kier alpha value is -2.28. The number of halogens is 8. The van der Waals surface area contributed by atoms with Crippen LogP contribution in [0.1, 0.15) is 22.3 Å². The molecule has 2 rings (SSSR count). The Bertz CT molecular complexity index is 757. The van der Waals surface area contributed by atoms with Crippen LogP contribution in [0.25, 0.3) is 0 Å². The Morgan fingerprint density at radius 1 is 1.17 bits per heavy atom. The molecular formula is C16H14F8N2O3. The topological polar surface area (TPSA) is 62.1 Å². The lowest BCUT2D eigenvalue weighted by molar-refractivity contribution is -0.168. The third-order valence-electron chi connectivity index (χ3n) is 3.91. The van der Waals surface area contributed by atoms with Crippen molar-refractivity contribution in [1.29, 1.82) is 0 Å². The Balaban J connectivity index is 2.09. The smallest absolute Gasteiger partial charge is 0.330 e. The van der Waals surface area contributed by atoms with Crippen LogP contribution < -0.4 is 0 Å². The van der Waals surface area contributed by atoms with Gasteiger partial charge in [-0.3, -0.25) is 4.79 Å². The first-order valence-corrected chi connectivity index (χ1v) is 7.91. The summed E-state index contributed by atoms with van der Waals surface area (Å²) in [7, 11) is 0. The molecule has 1 aliphatic heterocycles. The predicted octanol–water partition coefficient (Wildman–Crippen LogP) is 3.52. The third-order valence-corrected chi connectivity index (χ3v) is 3.91. The van der Waals surface area contributed by atoms with E-state index in [1.54, 1.807) is 0 Å². The molecule has 0 unspecified atom stereocenters. The Morgan fingerprint density at radius 3 is 2.24 bits per heavy atom. The number of carbonyl (C=O) groups excluding carboxylic acids is 1. The molecule has 0 spiro atoms. The first kappa shape index (κ1) is 23.0. The van der Waals surface area contributed by atoms with Crippen LogP contribution in [0.3, 0.4) is 0 Å². The Labute approximate surface area is 158 Å². The minimum Gasteiger partial charge on any atom is -0.370 e. The molecule has 1 amide bonds. The molecule has 1 aromatic carbocycles. The molecule has 0 saturated carbocycles. The van der Waals surface area contributed by atoms with Crippen molar-refractivity contribution in [2.24, 2.45) is 5.10 Å². The van der Waals surface area contributed by atoms with Crippen molar-refractivity contribution in [2.45, 2.75) is 44.0 Å². The molecule has 0 fully saturated rings. The van der Waals surface area contributed by atoms with Crippen LogP contribution in [0, 0.1) is 0 Å². The van der Waals surface area contributed by atoms with E-state index < -0.39 is 62.2 Å². The standard InChI is InChI=1S/C16H14F8N2O3/c17-11(18)10-5-16(28,14(21)22)26(25-10)12(27)9-3-1-8(2-4-9)6-29-7-15(23,24)13(19)20/h1-4,11,13-14,28H,5-7H2/t16-/m1/s1. The van der Waals surface area contributed by atoms with Crippen LogP contribution in [0.4, 0.5) is 35.1 Å². The fourth-order valence-electron chi connectivity index (χ4n) is 2.34. The van der Waals surface area contributed by atoms with Crippen molar-refractivity contribution in [1.82, 2.24) is 5.01 Å². The highest BCUT2D eigenvalue weighted by Gasteiger charge is 2.53. The van der Waals surface area contributed by atoms with Gasteiger partial charge in [0.15, 0.2) is 0 Å². The van der Waals surface area contributed by atoms with Crippen LogP contribution in [0.15, 0.2) is 29.4 Å². The number of hydrogen-bond donors (Lipinski definition) is 1. The minimum atomic E-state index is -4.34. The predicted molar refractivity (Wildman–Crippen MR) is 82.2 cm³/mol. The van der Waals surface area contributed by atoms with Gasteiger partial charge in [0.1, 0.15) is 12.3 Å². The first-order valence-electron chi connectivity index (χ1n) is 7.91. The summed E-state index contributed by atoms with van der Waals surface area (Å²) in [6.07, 6.45) is -12.0. The summed E-state index contributed by atoms with van der Waals surface area (Å²) in [5, 5.41) is 12.9. The molecule has 29 heavy (non-hydrogen) atoms. The van der Waals surface area contributed by atoms with Gasteiger partial charge in [-0.2, -0.15) is 18.9 Å². The molecule has 13 heteroatoms. The van der Waals surface area contributed by atoms with Crippen molar-refractivity contribution in [2.75, 3.05) is 6.61 Å². The van der Waals surface area contributed by atoms with Gasteiger partial charge in [0.05, 0.1) is 6.61 Å². The van der Waals surface area contributed by atoms with Gasteiger partial charge in [0.25, 0.3) is 18.8 Å². The second kappa shape index (κ2) is 8.61. The molecule has 0 bridgehead atoms. The zero-order valence-corrected chi connectivity index (χ0v) is 14.3. The van der Waals surface area contributed by atoms with E-state index in [0.717, 1.165) is 24.3 Å². The highest BCUT2D eigenvalue weighted by molar-refractivity contribution is 5.99. The zero-order valence-electron chi connectivity index (χ0n) is 14.3. The number of hydrazone groups is 1. The molecule has 1 aliphatic rings. The number of aliphatic hydroxyl groups is 1. The average molecular weight is 434 g/mol. The number of nitrogens with zero attached hydrogens (tertiary/aromatic N) is 2. The van der Waals surface area contributed by atoms with Gasteiger partial charge < -0.3 is 9.84 Å². The van der Waals surface area contributed by atoms with Crippen molar-refractivity contribution >= 4 is 11.6 Å². The lowest BCUT2D eigenvalue weighted by Gasteiger charge is -2.30. The van der Waals surface area contributed by atoms with Gasteiger partial charge in [-0.25, -0.2) is 26.3 Å². The van der Waals surface area contributed by atoms with E-state index in [2.05, 4.69) is 9.84 Å². The van der Waals surface area contributed by atoms with E-state index in [1.165, 1.54) is 0 Å². The maximum Gasteiger partial charge on any atom is 0.330 e. The van der Waals surface area contributed by atoms with Crippen LogP contribution in [0.2, 0.25) is 0 Å². The fraction of sp³-hybridized carbons (Fsp3) is 0.500. The number of benzene rings is 1. The highest BCUT2D eigenvalue weighted by Crippen LogP contribution is 2.34.